The predicted octanol–water partition coefficient (Wildman–Crippen LogP) is 1.75. The van der Waals surface area contributed by atoms with Crippen molar-refractivity contribution in [1.29, 1.82) is 0 Å². The van der Waals surface area contributed by atoms with Gasteiger partial charge in [0.2, 0.25) is 18.1 Å². The fraction of sp³-hybridized carbons (Fsp3) is 0.806. The Hall–Kier alpha value is -2.91. The van der Waals surface area contributed by atoms with Crippen molar-refractivity contribution in [3.8, 4) is 0 Å². The summed E-state index contributed by atoms with van der Waals surface area (Å²) in [6, 6.07) is -0.677. The smallest absolute Gasteiger partial charge is 0.305 e. The molecule has 6 atom stereocenters. The Kier molecular flexibility index (Phi) is 15.7. The summed E-state index contributed by atoms with van der Waals surface area (Å²) < 4.78 is 27.1. The molecule has 46 heavy (non-hydrogen) atoms. The molecule has 0 aromatic heterocycles. The van der Waals surface area contributed by atoms with E-state index in [0.717, 1.165) is 26.0 Å². The van der Waals surface area contributed by atoms with Gasteiger partial charge < -0.3 is 40.1 Å². The molecule has 1 heterocycles. The van der Waals surface area contributed by atoms with Crippen molar-refractivity contribution < 1.29 is 52.5 Å². The number of ether oxygens (including phenoxy) is 5. The third kappa shape index (κ3) is 13.1. The zero-order valence-corrected chi connectivity index (χ0v) is 28.7. The molecule has 0 aromatic carbocycles. The fourth-order valence-corrected chi connectivity index (χ4v) is 6.28. The van der Waals surface area contributed by atoms with E-state index in [9.17, 15) is 28.8 Å². The lowest BCUT2D eigenvalue weighted by molar-refractivity contribution is -0.257. The Morgan fingerprint density at radius 3 is 2.24 bits per heavy atom. The van der Waals surface area contributed by atoms with Crippen LogP contribution < -0.4 is 16.4 Å². The maximum atomic E-state index is 13.3. The SMILES string of the molecule is CC(=O)OCC1CCC(NC(=O)CCCNC(=O)C(N)CSCC[C@H](C)C2(C)CC2)([C@H](COC(C)=O)OC(C)=O)[C@H](OC(C)=O)O1. The number of carbonyl (C=O) groups excluding carboxylic acids is 6. The van der Waals surface area contributed by atoms with Crippen LogP contribution in [0.3, 0.4) is 0 Å². The monoisotopic (exact) mass is 673 g/mol. The second kappa shape index (κ2) is 18.4. The molecule has 4 N–H and O–H groups in total. The number of carbonyl (C=O) groups is 6. The molecule has 0 spiro atoms. The summed E-state index contributed by atoms with van der Waals surface area (Å²) in [4.78, 5) is 73.0. The number of thioether (sulfide) groups is 1. The third-order valence-corrected chi connectivity index (χ3v) is 9.61. The van der Waals surface area contributed by atoms with Crippen LogP contribution >= 0.6 is 11.8 Å². The van der Waals surface area contributed by atoms with Crippen LogP contribution in [0.4, 0.5) is 0 Å². The minimum atomic E-state index is -1.66. The molecule has 0 radical (unpaired) electrons. The lowest BCUT2D eigenvalue weighted by Crippen LogP contribution is -2.70. The van der Waals surface area contributed by atoms with Crippen molar-refractivity contribution in [2.24, 2.45) is 17.1 Å². The molecule has 0 aromatic rings. The summed E-state index contributed by atoms with van der Waals surface area (Å²) in [6.07, 6.45) is 0.576. The van der Waals surface area contributed by atoms with Crippen LogP contribution in [0, 0.1) is 11.3 Å². The van der Waals surface area contributed by atoms with E-state index in [0.29, 0.717) is 17.1 Å². The lowest BCUT2D eigenvalue weighted by Gasteiger charge is -2.48. The molecule has 15 heteroatoms. The van der Waals surface area contributed by atoms with E-state index in [1.54, 1.807) is 11.8 Å². The maximum absolute atomic E-state index is 13.3. The van der Waals surface area contributed by atoms with E-state index in [1.165, 1.54) is 26.7 Å². The molecule has 1 saturated heterocycles. The number of hydrogen-bond donors (Lipinski definition) is 3. The quantitative estimate of drug-likeness (QED) is 0.102. The molecule has 14 nitrogen and oxygen atoms in total. The largest absolute Gasteiger partial charge is 0.463 e. The highest BCUT2D eigenvalue weighted by Crippen LogP contribution is 2.52. The van der Waals surface area contributed by atoms with Crippen molar-refractivity contribution in [2.75, 3.05) is 31.3 Å². The zero-order valence-electron chi connectivity index (χ0n) is 27.8. The van der Waals surface area contributed by atoms with Crippen LogP contribution in [0.15, 0.2) is 0 Å². The van der Waals surface area contributed by atoms with Gasteiger partial charge in [-0.2, -0.15) is 11.8 Å². The molecule has 262 valence electrons. The van der Waals surface area contributed by atoms with Crippen molar-refractivity contribution >= 4 is 47.5 Å². The molecule has 2 rings (SSSR count). The molecule has 1 aliphatic heterocycles. The Morgan fingerprint density at radius 2 is 1.65 bits per heavy atom. The average Bonchev–Trinajstić information content (AvgIpc) is 3.73. The number of nitrogens with one attached hydrogen (secondary N) is 2. The summed E-state index contributed by atoms with van der Waals surface area (Å²) in [5.41, 5.74) is 4.88. The summed E-state index contributed by atoms with van der Waals surface area (Å²) >= 11 is 1.66. The number of nitrogens with two attached hydrogens (primary N) is 1. The first kappa shape index (κ1) is 39.3. The summed E-state index contributed by atoms with van der Waals surface area (Å²) in [5.74, 6) is -1.45. The normalized spacial score (nSPS) is 23.5. The van der Waals surface area contributed by atoms with Gasteiger partial charge in [-0.25, -0.2) is 0 Å². The van der Waals surface area contributed by atoms with E-state index in [4.69, 9.17) is 29.4 Å². The molecule has 2 aliphatic rings. The molecule has 3 unspecified atom stereocenters. The van der Waals surface area contributed by atoms with Crippen LogP contribution in [0.1, 0.15) is 86.5 Å². The van der Waals surface area contributed by atoms with Crippen molar-refractivity contribution in [3.05, 3.63) is 0 Å². The highest BCUT2D eigenvalue weighted by atomic mass is 32.2. The highest BCUT2D eigenvalue weighted by Gasteiger charge is 2.55. The van der Waals surface area contributed by atoms with Crippen LogP contribution in [-0.4, -0.2) is 97.0 Å². The van der Waals surface area contributed by atoms with E-state index in [-0.39, 0.29) is 44.7 Å². The molecular formula is C31H51N3O11S. The van der Waals surface area contributed by atoms with Crippen LogP contribution in [0.25, 0.3) is 0 Å². The van der Waals surface area contributed by atoms with Gasteiger partial charge in [0.1, 0.15) is 18.8 Å². The van der Waals surface area contributed by atoms with Gasteiger partial charge in [-0.05, 0) is 55.6 Å². The fourth-order valence-electron chi connectivity index (χ4n) is 5.19. The van der Waals surface area contributed by atoms with Gasteiger partial charge in [-0.3, -0.25) is 28.8 Å². The van der Waals surface area contributed by atoms with E-state index < -0.39 is 66.5 Å². The van der Waals surface area contributed by atoms with E-state index >= 15 is 0 Å². The second-order valence-corrected chi connectivity index (χ2v) is 13.6. The Morgan fingerprint density at radius 1 is 0.978 bits per heavy atom. The second-order valence-electron chi connectivity index (χ2n) is 12.4. The lowest BCUT2D eigenvalue weighted by atomic mass is 9.82. The average molecular weight is 674 g/mol. The van der Waals surface area contributed by atoms with Crippen LogP contribution in [0.2, 0.25) is 0 Å². The van der Waals surface area contributed by atoms with Crippen molar-refractivity contribution in [2.45, 2.75) is 117 Å². The van der Waals surface area contributed by atoms with Gasteiger partial charge in [0.05, 0.1) is 12.1 Å². The minimum Gasteiger partial charge on any atom is -0.463 e. The van der Waals surface area contributed by atoms with Crippen LogP contribution in [0.5, 0.6) is 0 Å². The number of amides is 2. The first-order valence-corrected chi connectivity index (χ1v) is 16.9. The minimum absolute atomic E-state index is 0.0447. The van der Waals surface area contributed by atoms with Gasteiger partial charge in [0.25, 0.3) is 0 Å². The molecule has 1 saturated carbocycles. The van der Waals surface area contributed by atoms with Crippen molar-refractivity contribution in [1.82, 2.24) is 10.6 Å². The van der Waals surface area contributed by atoms with Crippen LogP contribution in [-0.2, 0) is 52.5 Å². The molecular weight excluding hydrogens is 622 g/mol. The van der Waals surface area contributed by atoms with Gasteiger partial charge in [0, 0.05) is 46.4 Å². The molecule has 1 aliphatic carbocycles. The molecule has 2 amide bonds. The number of esters is 4. The summed E-state index contributed by atoms with van der Waals surface area (Å²) in [6.45, 7) is 8.85. The van der Waals surface area contributed by atoms with Gasteiger partial charge >= 0.3 is 23.9 Å². The summed E-state index contributed by atoms with van der Waals surface area (Å²) in [5, 5.41) is 5.57. The first-order valence-electron chi connectivity index (χ1n) is 15.8. The van der Waals surface area contributed by atoms with Gasteiger partial charge in [0.15, 0.2) is 6.10 Å². The molecule has 2 fully saturated rings. The number of rotatable bonds is 19. The predicted molar refractivity (Wildman–Crippen MR) is 168 cm³/mol. The number of hydrogen-bond acceptors (Lipinski definition) is 13. The van der Waals surface area contributed by atoms with Gasteiger partial charge in [-0.1, -0.05) is 13.8 Å². The highest BCUT2D eigenvalue weighted by molar-refractivity contribution is 7.99. The molecule has 0 bridgehead atoms. The summed E-state index contributed by atoms with van der Waals surface area (Å²) in [7, 11) is 0. The third-order valence-electron chi connectivity index (χ3n) is 8.49. The Bertz CT molecular complexity index is 1090. The van der Waals surface area contributed by atoms with Gasteiger partial charge in [-0.15, -0.1) is 0 Å². The Labute approximate surface area is 275 Å². The Balaban J connectivity index is 2.02. The maximum Gasteiger partial charge on any atom is 0.305 e. The topological polar surface area (TPSA) is 199 Å². The zero-order chi connectivity index (χ0) is 34.5. The first-order chi connectivity index (χ1) is 21.6. The van der Waals surface area contributed by atoms with E-state index in [2.05, 4.69) is 24.5 Å². The van der Waals surface area contributed by atoms with E-state index in [1.807, 2.05) is 0 Å². The van der Waals surface area contributed by atoms with Crippen molar-refractivity contribution in [3.63, 3.8) is 0 Å². The standard InChI is InChI=1S/C31H51N3O11S/c1-19(30(6)12-13-30)10-15-46-18-25(32)28(40)33-14-7-8-27(39)34-31(26(43-22(4)37)17-42-21(3)36)11-9-24(16-41-20(2)35)45-29(31)44-23(5)38/h19,24-26,29H,7-18,32H2,1-6H3,(H,33,40)(H,34,39)/t19-,24?,25?,26-,29+,31?/m0/s1.